The van der Waals surface area contributed by atoms with Crippen LogP contribution in [0.25, 0.3) is 0 Å². The maximum Gasteiger partial charge on any atom is 0.418 e. The summed E-state index contributed by atoms with van der Waals surface area (Å²) in [6, 6.07) is 0. The lowest BCUT2D eigenvalue weighted by Crippen LogP contribution is -2.42. The Balaban J connectivity index is 1.36. The van der Waals surface area contributed by atoms with Crippen LogP contribution in [0, 0.1) is 0 Å². The first-order chi connectivity index (χ1) is 15.7. The molecule has 12 heteroatoms. The third-order valence-corrected chi connectivity index (χ3v) is 5.06. The minimum absolute atomic E-state index is 0.00298. The van der Waals surface area contributed by atoms with E-state index in [2.05, 4.69) is 40.5 Å². The van der Waals surface area contributed by atoms with E-state index in [0.29, 0.717) is 24.7 Å². The quantitative estimate of drug-likeness (QED) is 0.592. The zero-order valence-electron chi connectivity index (χ0n) is 16.9. The second kappa shape index (κ2) is 8.49. The van der Waals surface area contributed by atoms with Crippen molar-refractivity contribution in [3.05, 3.63) is 48.8 Å². The second-order valence-electron chi connectivity index (χ2n) is 7.42. The van der Waals surface area contributed by atoms with Crippen LogP contribution in [0.5, 0.6) is 5.88 Å². The van der Waals surface area contributed by atoms with Crippen molar-refractivity contribution in [2.24, 2.45) is 0 Å². The lowest BCUT2D eigenvalue weighted by atomic mass is 10.2. The van der Waals surface area contributed by atoms with Gasteiger partial charge in [0.1, 0.15) is 12.7 Å². The Kier molecular flexibility index (Phi) is 5.24. The molecule has 2 N–H and O–H groups in total. The Morgan fingerprint density at radius 2 is 1.78 bits per heavy atom. The van der Waals surface area contributed by atoms with Crippen molar-refractivity contribution in [2.45, 2.75) is 25.2 Å². The molecule has 2 fully saturated rings. The molecule has 12 nitrogen and oxygen atoms in total. The van der Waals surface area contributed by atoms with E-state index in [4.69, 9.17) is 4.74 Å². The topological polar surface area (TPSA) is 148 Å². The Labute approximate surface area is 182 Å². The molecule has 1 aliphatic carbocycles. The van der Waals surface area contributed by atoms with E-state index in [1.54, 1.807) is 23.5 Å². The Morgan fingerprint density at radius 1 is 1.00 bits per heavy atom. The summed E-state index contributed by atoms with van der Waals surface area (Å²) in [4.78, 5) is 51.5. The predicted octanol–water partition coefficient (Wildman–Crippen LogP) is 2.13. The zero-order chi connectivity index (χ0) is 21.9. The summed E-state index contributed by atoms with van der Waals surface area (Å²) in [7, 11) is 0. The highest BCUT2D eigenvalue weighted by atomic mass is 16.6. The molecule has 1 saturated carbocycles. The van der Waals surface area contributed by atoms with Crippen molar-refractivity contribution in [1.82, 2.24) is 34.8 Å². The van der Waals surface area contributed by atoms with Crippen LogP contribution in [0.3, 0.4) is 0 Å². The highest BCUT2D eigenvalue weighted by Gasteiger charge is 2.28. The van der Waals surface area contributed by atoms with Gasteiger partial charge in [0.2, 0.25) is 0 Å². The predicted molar refractivity (Wildman–Crippen MR) is 112 cm³/mol. The highest BCUT2D eigenvalue weighted by molar-refractivity contribution is 6.01. The molecule has 0 atom stereocenters. The lowest BCUT2D eigenvalue weighted by molar-refractivity contribution is 0.0646. The fourth-order valence-electron chi connectivity index (χ4n) is 3.10. The molecule has 3 aromatic rings. The largest absolute Gasteiger partial charge is 0.418 e. The van der Waals surface area contributed by atoms with Crippen LogP contribution in [0.15, 0.2) is 37.4 Å². The summed E-state index contributed by atoms with van der Waals surface area (Å²) >= 11 is 0. The van der Waals surface area contributed by atoms with Crippen molar-refractivity contribution >= 4 is 29.2 Å². The van der Waals surface area contributed by atoms with Crippen LogP contribution in [0.1, 0.15) is 41.4 Å². The molecule has 162 valence electrons. The van der Waals surface area contributed by atoms with Crippen molar-refractivity contribution in [3.8, 4) is 5.88 Å². The molecule has 5 rings (SSSR count). The van der Waals surface area contributed by atoms with Gasteiger partial charge in [0, 0.05) is 19.0 Å². The number of carbonyl (C=O) groups is 2. The Morgan fingerprint density at radius 3 is 2.50 bits per heavy atom. The van der Waals surface area contributed by atoms with Gasteiger partial charge >= 0.3 is 6.09 Å². The van der Waals surface area contributed by atoms with Gasteiger partial charge in [-0.25, -0.2) is 34.7 Å². The molecular weight excluding hydrogens is 414 g/mol. The molecule has 2 aliphatic rings. The van der Waals surface area contributed by atoms with Gasteiger partial charge in [0.25, 0.3) is 11.8 Å². The first-order valence-corrected chi connectivity index (χ1v) is 10.1. The van der Waals surface area contributed by atoms with Gasteiger partial charge in [0.15, 0.2) is 11.5 Å². The number of likely N-dealkylation sites (tertiary alicyclic amines) is 1. The minimum atomic E-state index is -0.841. The van der Waals surface area contributed by atoms with Crippen LogP contribution in [0.4, 0.5) is 22.0 Å². The fourth-order valence-corrected chi connectivity index (χ4v) is 3.10. The first-order valence-electron chi connectivity index (χ1n) is 10.1. The second-order valence-corrected chi connectivity index (χ2v) is 7.42. The fraction of sp³-hybridized carbons (Fsp3) is 0.300. The normalized spacial score (nSPS) is 14.9. The number of nitrogens with zero attached hydrogens (tertiary/aromatic N) is 7. The van der Waals surface area contributed by atoms with Crippen molar-refractivity contribution in [3.63, 3.8) is 0 Å². The van der Waals surface area contributed by atoms with E-state index < -0.39 is 6.09 Å². The third-order valence-electron chi connectivity index (χ3n) is 5.06. The van der Waals surface area contributed by atoms with Gasteiger partial charge in [-0.05, 0) is 19.3 Å². The molecule has 2 amide bonds. The average Bonchev–Trinajstić information content (AvgIpc) is 3.60. The zero-order valence-corrected chi connectivity index (χ0v) is 16.9. The average molecular weight is 433 g/mol. The highest BCUT2D eigenvalue weighted by Crippen LogP contribution is 2.40. The molecule has 1 saturated heterocycles. The number of amides is 2. The number of hydrogen-bond acceptors (Lipinski definition) is 10. The monoisotopic (exact) mass is 433 g/mol. The minimum Gasteiger partial charge on any atom is -0.387 e. The molecule has 0 bridgehead atoms. The van der Waals surface area contributed by atoms with Crippen molar-refractivity contribution < 1.29 is 14.3 Å². The summed E-state index contributed by atoms with van der Waals surface area (Å²) in [5.41, 5.74) is 1.57. The molecule has 1 aliphatic heterocycles. The number of aromatic nitrogens is 6. The van der Waals surface area contributed by atoms with E-state index in [1.165, 1.54) is 18.9 Å². The van der Waals surface area contributed by atoms with Crippen LogP contribution < -0.4 is 15.4 Å². The van der Waals surface area contributed by atoms with E-state index in [-0.39, 0.29) is 29.0 Å². The molecule has 0 aromatic carbocycles. The summed E-state index contributed by atoms with van der Waals surface area (Å²) < 4.78 is 5.47. The Bertz CT molecular complexity index is 1150. The lowest BCUT2D eigenvalue weighted by Gasteiger charge is -2.30. The van der Waals surface area contributed by atoms with Gasteiger partial charge in [-0.3, -0.25) is 10.1 Å². The number of anilines is 3. The van der Waals surface area contributed by atoms with Crippen molar-refractivity contribution in [1.29, 1.82) is 0 Å². The van der Waals surface area contributed by atoms with Crippen LogP contribution in [-0.2, 0) is 0 Å². The third kappa shape index (κ3) is 4.29. The maximum atomic E-state index is 12.7. The molecule has 32 heavy (non-hydrogen) atoms. The molecule has 0 unspecified atom stereocenters. The number of rotatable bonds is 6. The van der Waals surface area contributed by atoms with Gasteiger partial charge in [-0.15, -0.1) is 0 Å². The SMILES string of the molecule is O=C(Nc1cncnc1C(=O)N1CCC1)Oc1nc(C2CC2)cnc1Nc1cncnc1. The summed E-state index contributed by atoms with van der Waals surface area (Å²) in [6.07, 6.45) is 10.9. The molecule has 4 heterocycles. The maximum absolute atomic E-state index is 12.7. The molecule has 3 aromatic heterocycles. The number of ether oxygens (including phenoxy) is 1. The summed E-state index contributed by atoms with van der Waals surface area (Å²) in [5.74, 6) is 0.282. The molecular formula is C20H19N9O3. The van der Waals surface area contributed by atoms with Crippen LogP contribution in [-0.4, -0.2) is 59.9 Å². The number of nitrogens with one attached hydrogen (secondary N) is 2. The van der Waals surface area contributed by atoms with Gasteiger partial charge in [0.05, 0.1) is 41.9 Å². The van der Waals surface area contributed by atoms with Crippen LogP contribution in [0.2, 0.25) is 0 Å². The first kappa shape index (κ1) is 19.7. The number of hydrogen-bond donors (Lipinski definition) is 2. The smallest absolute Gasteiger partial charge is 0.387 e. The Hall–Kier alpha value is -4.22. The van der Waals surface area contributed by atoms with Gasteiger partial charge in [-0.1, -0.05) is 0 Å². The van der Waals surface area contributed by atoms with Crippen molar-refractivity contribution in [2.75, 3.05) is 23.7 Å². The van der Waals surface area contributed by atoms with Gasteiger partial charge in [-0.2, -0.15) is 0 Å². The number of carbonyl (C=O) groups excluding carboxylic acids is 2. The van der Waals surface area contributed by atoms with E-state index in [0.717, 1.165) is 25.0 Å². The molecule has 0 spiro atoms. The van der Waals surface area contributed by atoms with E-state index in [9.17, 15) is 9.59 Å². The van der Waals surface area contributed by atoms with Crippen LogP contribution >= 0.6 is 0 Å². The summed E-state index contributed by atoms with van der Waals surface area (Å²) in [5, 5.41) is 5.54. The van der Waals surface area contributed by atoms with E-state index in [1.807, 2.05) is 0 Å². The standard InChI is InChI=1S/C20H19N9O3/c30-19(29-4-1-5-29)16-15(8-23-11-25-16)28-20(31)32-18-17(26-13-6-21-10-22-7-13)24-9-14(27-18)12-2-3-12/h6-12H,1-5H2,(H,24,26)(H,28,31). The van der Waals surface area contributed by atoms with E-state index >= 15 is 0 Å². The molecule has 0 radical (unpaired) electrons. The van der Waals surface area contributed by atoms with Gasteiger partial charge < -0.3 is 15.0 Å². The summed E-state index contributed by atoms with van der Waals surface area (Å²) in [6.45, 7) is 1.32.